The molecule has 0 aliphatic heterocycles. The Morgan fingerprint density at radius 2 is 2.13 bits per heavy atom. The fourth-order valence-electron chi connectivity index (χ4n) is 2.09. The fraction of sp³-hybridized carbons (Fsp3) is 0.562. The van der Waals surface area contributed by atoms with E-state index in [1.165, 1.54) is 25.0 Å². The quantitative estimate of drug-likeness (QED) is 0.633. The Hall–Kier alpha value is -1.44. The van der Waals surface area contributed by atoms with E-state index in [4.69, 9.17) is 4.74 Å². The molecule has 1 aliphatic carbocycles. The van der Waals surface area contributed by atoms with Crippen molar-refractivity contribution in [3.8, 4) is 0 Å². The maximum atomic E-state index is 12.1. The minimum atomic E-state index is -3.55. The van der Waals surface area contributed by atoms with Gasteiger partial charge in [0.25, 0.3) is 5.91 Å². The van der Waals surface area contributed by atoms with Gasteiger partial charge in [0.05, 0.1) is 4.90 Å². The summed E-state index contributed by atoms with van der Waals surface area (Å²) in [7, 11) is -3.55. The zero-order valence-electron chi connectivity index (χ0n) is 13.4. The molecule has 23 heavy (non-hydrogen) atoms. The molecular formula is C16H24N2O4S. The van der Waals surface area contributed by atoms with Gasteiger partial charge in [0.15, 0.2) is 0 Å². The van der Waals surface area contributed by atoms with Gasteiger partial charge in [-0.1, -0.05) is 13.0 Å². The number of carbonyl (C=O) groups is 1. The lowest BCUT2D eigenvalue weighted by Gasteiger charge is -2.08. The van der Waals surface area contributed by atoms with Crippen LogP contribution in [0.3, 0.4) is 0 Å². The summed E-state index contributed by atoms with van der Waals surface area (Å²) in [5.74, 6) is 0.465. The molecule has 1 aliphatic rings. The number of sulfonamides is 1. The van der Waals surface area contributed by atoms with E-state index in [9.17, 15) is 13.2 Å². The van der Waals surface area contributed by atoms with Crippen LogP contribution in [-0.4, -0.2) is 40.6 Å². The smallest absolute Gasteiger partial charge is 0.251 e. The number of carbonyl (C=O) groups excluding carboxylic acids is 1. The number of nitrogens with one attached hydrogen (secondary N) is 2. The second-order valence-electron chi connectivity index (χ2n) is 5.66. The maximum Gasteiger partial charge on any atom is 0.251 e. The molecule has 0 heterocycles. The third-order valence-corrected chi connectivity index (χ3v) is 5.09. The van der Waals surface area contributed by atoms with Gasteiger partial charge in [-0.15, -0.1) is 0 Å². The van der Waals surface area contributed by atoms with Gasteiger partial charge in [-0.05, 0) is 43.4 Å². The molecule has 1 saturated carbocycles. The highest BCUT2D eigenvalue weighted by Gasteiger charge is 2.20. The van der Waals surface area contributed by atoms with Crippen molar-refractivity contribution in [1.29, 1.82) is 0 Å². The van der Waals surface area contributed by atoms with Gasteiger partial charge in [0.2, 0.25) is 10.0 Å². The molecule has 0 spiro atoms. The first kappa shape index (κ1) is 17.9. The van der Waals surface area contributed by atoms with Crippen molar-refractivity contribution in [3.63, 3.8) is 0 Å². The summed E-state index contributed by atoms with van der Waals surface area (Å²) in [5.41, 5.74) is 0.336. The summed E-state index contributed by atoms with van der Waals surface area (Å²) in [6.07, 6.45) is 3.28. The summed E-state index contributed by atoms with van der Waals surface area (Å²) in [4.78, 5) is 12.2. The number of hydrogen-bond donors (Lipinski definition) is 2. The predicted octanol–water partition coefficient (Wildman–Crippen LogP) is 1.53. The van der Waals surface area contributed by atoms with Crippen LogP contribution in [0.4, 0.5) is 0 Å². The molecule has 7 heteroatoms. The van der Waals surface area contributed by atoms with Crippen molar-refractivity contribution in [1.82, 2.24) is 10.0 Å². The highest BCUT2D eigenvalue weighted by Crippen LogP contribution is 2.28. The minimum absolute atomic E-state index is 0.0970. The molecule has 0 bridgehead atoms. The lowest BCUT2D eigenvalue weighted by molar-refractivity contribution is 0.0937. The van der Waals surface area contributed by atoms with Gasteiger partial charge in [-0.3, -0.25) is 4.79 Å². The van der Waals surface area contributed by atoms with Gasteiger partial charge in [0.1, 0.15) is 0 Å². The van der Waals surface area contributed by atoms with Crippen molar-refractivity contribution in [3.05, 3.63) is 29.8 Å². The van der Waals surface area contributed by atoms with E-state index in [2.05, 4.69) is 10.0 Å². The molecule has 0 saturated heterocycles. The van der Waals surface area contributed by atoms with Crippen LogP contribution in [0.2, 0.25) is 0 Å². The third kappa shape index (κ3) is 5.93. The molecule has 0 aromatic heterocycles. The molecule has 1 aromatic rings. The largest absolute Gasteiger partial charge is 0.381 e. The standard InChI is InChI=1S/C16H24N2O4S/c1-2-18-23(20,21)15-6-3-5-14(11-15)16(19)17-9-4-10-22-12-13-7-8-13/h3,5-6,11,13,18H,2,4,7-10,12H2,1H3,(H,17,19). The second kappa shape index (κ2) is 8.42. The van der Waals surface area contributed by atoms with Crippen LogP contribution in [0.15, 0.2) is 29.2 Å². The molecule has 1 aromatic carbocycles. The van der Waals surface area contributed by atoms with E-state index in [1.807, 2.05) is 0 Å². The lowest BCUT2D eigenvalue weighted by Crippen LogP contribution is -2.26. The van der Waals surface area contributed by atoms with E-state index >= 15 is 0 Å². The second-order valence-corrected chi connectivity index (χ2v) is 7.42. The summed E-state index contributed by atoms with van der Waals surface area (Å²) in [6.45, 7) is 3.97. The SMILES string of the molecule is CCNS(=O)(=O)c1cccc(C(=O)NCCCOCC2CC2)c1. The fourth-order valence-corrected chi connectivity index (χ4v) is 3.18. The van der Waals surface area contributed by atoms with Gasteiger partial charge in [-0.2, -0.15) is 0 Å². The maximum absolute atomic E-state index is 12.1. The molecule has 0 unspecified atom stereocenters. The average molecular weight is 340 g/mol. The number of rotatable bonds is 10. The van der Waals surface area contributed by atoms with Crippen LogP contribution in [-0.2, 0) is 14.8 Å². The molecule has 0 atom stereocenters. The van der Waals surface area contributed by atoms with Crippen molar-refractivity contribution in [2.75, 3.05) is 26.3 Å². The number of hydrogen-bond acceptors (Lipinski definition) is 4. The summed E-state index contributed by atoms with van der Waals surface area (Å²) in [5, 5.41) is 2.78. The Morgan fingerprint density at radius 3 is 2.83 bits per heavy atom. The van der Waals surface area contributed by atoms with Gasteiger partial charge >= 0.3 is 0 Å². The van der Waals surface area contributed by atoms with Gasteiger partial charge in [0, 0.05) is 31.9 Å². The Balaban J connectivity index is 1.79. The van der Waals surface area contributed by atoms with E-state index in [-0.39, 0.29) is 10.8 Å². The predicted molar refractivity (Wildman–Crippen MR) is 87.8 cm³/mol. The van der Waals surface area contributed by atoms with Gasteiger partial charge < -0.3 is 10.1 Å². The van der Waals surface area contributed by atoms with Crippen molar-refractivity contribution in [2.45, 2.75) is 31.1 Å². The molecule has 2 N–H and O–H groups in total. The number of amides is 1. The Labute approximate surface area is 137 Å². The number of benzene rings is 1. The van der Waals surface area contributed by atoms with Crippen molar-refractivity contribution < 1.29 is 17.9 Å². The highest BCUT2D eigenvalue weighted by atomic mass is 32.2. The molecule has 1 amide bonds. The van der Waals surface area contributed by atoms with Crippen LogP contribution in [0.5, 0.6) is 0 Å². The molecular weight excluding hydrogens is 316 g/mol. The first-order valence-electron chi connectivity index (χ1n) is 7.98. The molecule has 1 fully saturated rings. The molecule has 2 rings (SSSR count). The summed E-state index contributed by atoms with van der Waals surface area (Å²) < 4.78 is 31.8. The van der Waals surface area contributed by atoms with Crippen LogP contribution >= 0.6 is 0 Å². The Kier molecular flexibility index (Phi) is 6.56. The first-order chi connectivity index (χ1) is 11.0. The van der Waals surface area contributed by atoms with E-state index < -0.39 is 10.0 Å². The van der Waals surface area contributed by atoms with Crippen LogP contribution in [0, 0.1) is 5.92 Å². The highest BCUT2D eigenvalue weighted by molar-refractivity contribution is 7.89. The molecule has 0 radical (unpaired) electrons. The number of ether oxygens (including phenoxy) is 1. The van der Waals surface area contributed by atoms with E-state index in [1.54, 1.807) is 19.1 Å². The van der Waals surface area contributed by atoms with Crippen LogP contribution in [0.1, 0.15) is 36.5 Å². The van der Waals surface area contributed by atoms with Crippen molar-refractivity contribution >= 4 is 15.9 Å². The summed E-state index contributed by atoms with van der Waals surface area (Å²) in [6, 6.07) is 6.03. The average Bonchev–Trinajstić information content (AvgIpc) is 3.35. The van der Waals surface area contributed by atoms with Crippen LogP contribution < -0.4 is 10.0 Å². The first-order valence-corrected chi connectivity index (χ1v) is 9.47. The topological polar surface area (TPSA) is 84.5 Å². The Morgan fingerprint density at radius 1 is 1.35 bits per heavy atom. The van der Waals surface area contributed by atoms with Gasteiger partial charge in [-0.25, -0.2) is 13.1 Å². The van der Waals surface area contributed by atoms with Crippen LogP contribution in [0.25, 0.3) is 0 Å². The van der Waals surface area contributed by atoms with E-state index in [0.717, 1.165) is 18.9 Å². The summed E-state index contributed by atoms with van der Waals surface area (Å²) >= 11 is 0. The zero-order valence-corrected chi connectivity index (χ0v) is 14.2. The van der Waals surface area contributed by atoms with Crippen molar-refractivity contribution in [2.24, 2.45) is 5.92 Å². The lowest BCUT2D eigenvalue weighted by atomic mass is 10.2. The third-order valence-electron chi connectivity index (χ3n) is 3.54. The normalized spacial score (nSPS) is 14.7. The monoisotopic (exact) mass is 340 g/mol. The molecule has 6 nitrogen and oxygen atoms in total. The molecule has 128 valence electrons. The van der Waals surface area contributed by atoms with E-state index in [0.29, 0.717) is 25.3 Å². The zero-order chi connectivity index (χ0) is 16.7. The minimum Gasteiger partial charge on any atom is -0.381 e. The Bertz CT molecular complexity index is 627.